The number of aliphatic carboxylic acids is 1. The molecule has 0 aromatic heterocycles. The molecule has 0 fully saturated rings. The predicted molar refractivity (Wildman–Crippen MR) is 66.6 cm³/mol. The largest absolute Gasteiger partial charge is 0.497 e. The highest BCUT2D eigenvalue weighted by molar-refractivity contribution is 5.86. The van der Waals surface area contributed by atoms with E-state index < -0.39 is 18.9 Å². The maximum Gasteiger partial charge on any atom is 0.310 e. The van der Waals surface area contributed by atoms with Gasteiger partial charge in [0.25, 0.3) is 0 Å². The number of benzene rings is 2. The molecule has 1 N–H and O–H groups in total. The van der Waals surface area contributed by atoms with Crippen LogP contribution in [-0.4, -0.2) is 18.1 Å². The summed E-state index contributed by atoms with van der Waals surface area (Å²) < 4.78 is 26.0. The van der Waals surface area contributed by atoms with E-state index in [2.05, 4.69) is 0 Å². The fourth-order valence-corrected chi connectivity index (χ4v) is 1.72. The van der Waals surface area contributed by atoms with Gasteiger partial charge in [-0.15, -0.1) is 0 Å². The number of carbonyl (C=O) groups is 1. The molecule has 0 aliphatic heterocycles. The molecule has 2 aromatic carbocycles. The summed E-state index contributed by atoms with van der Waals surface area (Å²) in [6.07, 6.45) is 0. The highest BCUT2D eigenvalue weighted by Gasteiger charge is 2.13. The summed E-state index contributed by atoms with van der Waals surface area (Å²) in [4.78, 5) is 11.0. The zero-order valence-electron chi connectivity index (χ0n) is 12.3. The SMILES string of the molecule is [2H]C([2H])([2H])Oc1ccc2cc(C(C)C(=O)O)ccc2c1. The standard InChI is InChI=1S/C14H14O3/c1-9(14(15)16)10-3-4-12-8-13(17-2)6-5-11(12)7-10/h3-9H,1-2H3,(H,15,16)/i2D3. The van der Waals surface area contributed by atoms with Crippen LogP contribution in [0.3, 0.4) is 0 Å². The van der Waals surface area contributed by atoms with Crippen molar-refractivity contribution in [3.8, 4) is 5.75 Å². The number of carboxylic acid groups (broad SMARTS) is 1. The summed E-state index contributed by atoms with van der Waals surface area (Å²) >= 11 is 0. The minimum Gasteiger partial charge on any atom is -0.497 e. The predicted octanol–water partition coefficient (Wildman–Crippen LogP) is 3.04. The van der Waals surface area contributed by atoms with Gasteiger partial charge in [-0.2, -0.15) is 0 Å². The fraction of sp³-hybridized carbons (Fsp3) is 0.214. The first kappa shape index (κ1) is 8.12. The van der Waals surface area contributed by atoms with E-state index in [-0.39, 0.29) is 5.75 Å². The van der Waals surface area contributed by atoms with Gasteiger partial charge < -0.3 is 9.84 Å². The number of hydrogen-bond acceptors (Lipinski definition) is 2. The lowest BCUT2D eigenvalue weighted by atomic mass is 9.98. The van der Waals surface area contributed by atoms with E-state index in [0.717, 1.165) is 10.8 Å². The number of ether oxygens (including phenoxy) is 1. The van der Waals surface area contributed by atoms with Crippen molar-refractivity contribution in [1.82, 2.24) is 0 Å². The topological polar surface area (TPSA) is 46.5 Å². The molecule has 2 aromatic rings. The molecular formula is C14H14O3. The normalized spacial score (nSPS) is 15.7. The smallest absolute Gasteiger partial charge is 0.310 e. The quantitative estimate of drug-likeness (QED) is 0.886. The second kappa shape index (κ2) is 4.45. The summed E-state index contributed by atoms with van der Waals surface area (Å²) in [5.41, 5.74) is 0.703. The molecule has 1 atom stereocenters. The van der Waals surface area contributed by atoms with Crippen molar-refractivity contribution in [2.45, 2.75) is 12.8 Å². The first-order valence-corrected chi connectivity index (χ1v) is 5.22. The maximum atomic E-state index is 11.0. The number of rotatable bonds is 3. The summed E-state index contributed by atoms with van der Waals surface area (Å²) in [6.45, 7) is 1.62. The molecule has 0 aliphatic carbocycles. The van der Waals surface area contributed by atoms with Crippen LogP contribution < -0.4 is 4.74 Å². The lowest BCUT2D eigenvalue weighted by molar-refractivity contribution is -0.138. The molecule has 0 heterocycles. The second-order valence-corrected chi connectivity index (χ2v) is 3.93. The summed E-state index contributed by atoms with van der Waals surface area (Å²) in [5, 5.41) is 10.6. The molecule has 88 valence electrons. The van der Waals surface area contributed by atoms with Crippen LogP contribution in [0.5, 0.6) is 5.75 Å². The Bertz CT molecular complexity index is 650. The zero-order chi connectivity index (χ0) is 14.9. The van der Waals surface area contributed by atoms with Crippen LogP contribution in [0.25, 0.3) is 10.8 Å². The van der Waals surface area contributed by atoms with Crippen LogP contribution in [-0.2, 0) is 4.79 Å². The third-order valence-corrected chi connectivity index (χ3v) is 2.82. The molecule has 17 heavy (non-hydrogen) atoms. The minimum atomic E-state index is -2.48. The molecule has 0 spiro atoms. The van der Waals surface area contributed by atoms with Gasteiger partial charge in [-0.25, -0.2) is 0 Å². The fourth-order valence-electron chi connectivity index (χ4n) is 1.72. The Morgan fingerprint density at radius 3 is 2.71 bits per heavy atom. The van der Waals surface area contributed by atoms with E-state index >= 15 is 0 Å². The molecule has 0 aliphatic rings. The maximum absolute atomic E-state index is 11.0. The molecule has 0 saturated heterocycles. The third kappa shape index (κ3) is 2.23. The van der Waals surface area contributed by atoms with Crippen LogP contribution in [0.15, 0.2) is 36.4 Å². The van der Waals surface area contributed by atoms with E-state index in [0.29, 0.717) is 5.56 Å². The monoisotopic (exact) mass is 233 g/mol. The van der Waals surface area contributed by atoms with E-state index in [9.17, 15) is 4.79 Å². The number of methoxy groups -OCH3 is 1. The molecule has 0 saturated carbocycles. The van der Waals surface area contributed by atoms with Gasteiger partial charge in [0.1, 0.15) is 5.75 Å². The molecule has 2 rings (SSSR count). The molecule has 0 bridgehead atoms. The van der Waals surface area contributed by atoms with Crippen molar-refractivity contribution < 1.29 is 18.8 Å². The van der Waals surface area contributed by atoms with Crippen LogP contribution in [0.2, 0.25) is 0 Å². The van der Waals surface area contributed by atoms with E-state index in [1.165, 1.54) is 0 Å². The Hall–Kier alpha value is -2.03. The molecule has 3 heteroatoms. The lowest BCUT2D eigenvalue weighted by Gasteiger charge is -2.08. The minimum absolute atomic E-state index is 0.261. The van der Waals surface area contributed by atoms with Crippen molar-refractivity contribution >= 4 is 16.7 Å². The highest BCUT2D eigenvalue weighted by atomic mass is 16.5. The Morgan fingerprint density at radius 1 is 1.29 bits per heavy atom. The molecule has 0 radical (unpaired) electrons. The molecule has 1 unspecified atom stereocenters. The summed E-state index contributed by atoms with van der Waals surface area (Å²) in [5.74, 6) is -1.21. The van der Waals surface area contributed by atoms with Gasteiger partial charge in [0, 0.05) is 0 Å². The molecule has 3 nitrogen and oxygen atoms in total. The van der Waals surface area contributed by atoms with E-state index in [1.807, 2.05) is 0 Å². The van der Waals surface area contributed by atoms with Crippen LogP contribution >= 0.6 is 0 Å². The number of carboxylic acids is 1. The van der Waals surface area contributed by atoms with Crippen molar-refractivity contribution in [2.75, 3.05) is 7.04 Å². The zero-order valence-corrected chi connectivity index (χ0v) is 9.31. The van der Waals surface area contributed by atoms with Crippen molar-refractivity contribution in [1.29, 1.82) is 0 Å². The van der Waals surface area contributed by atoms with Crippen molar-refractivity contribution in [3.05, 3.63) is 42.0 Å². The first-order valence-electron chi connectivity index (χ1n) is 6.72. The third-order valence-electron chi connectivity index (χ3n) is 2.82. The highest BCUT2D eigenvalue weighted by Crippen LogP contribution is 2.25. The van der Waals surface area contributed by atoms with Crippen LogP contribution in [0.4, 0.5) is 0 Å². The average Bonchev–Trinajstić information content (AvgIpc) is 2.35. The van der Waals surface area contributed by atoms with E-state index in [1.54, 1.807) is 43.3 Å². The first-order chi connectivity index (χ1) is 9.26. The second-order valence-electron chi connectivity index (χ2n) is 3.93. The van der Waals surface area contributed by atoms with Crippen molar-refractivity contribution in [2.24, 2.45) is 0 Å². The Kier molecular flexibility index (Phi) is 2.13. The van der Waals surface area contributed by atoms with Gasteiger partial charge in [-0.3, -0.25) is 4.79 Å². The van der Waals surface area contributed by atoms with Gasteiger partial charge in [0.2, 0.25) is 0 Å². The number of hydrogen-bond donors (Lipinski definition) is 1. The molecule has 0 amide bonds. The van der Waals surface area contributed by atoms with Gasteiger partial charge >= 0.3 is 5.97 Å². The van der Waals surface area contributed by atoms with Gasteiger partial charge in [-0.1, -0.05) is 24.3 Å². The Morgan fingerprint density at radius 2 is 2.00 bits per heavy atom. The average molecular weight is 233 g/mol. The van der Waals surface area contributed by atoms with Gasteiger partial charge in [0.15, 0.2) is 0 Å². The van der Waals surface area contributed by atoms with Gasteiger partial charge in [0.05, 0.1) is 17.1 Å². The van der Waals surface area contributed by atoms with Crippen molar-refractivity contribution in [3.63, 3.8) is 0 Å². The van der Waals surface area contributed by atoms with E-state index in [4.69, 9.17) is 14.0 Å². The Balaban J connectivity index is 2.37. The Labute approximate surface area is 104 Å². The van der Waals surface area contributed by atoms with Crippen LogP contribution in [0, 0.1) is 0 Å². The van der Waals surface area contributed by atoms with Crippen LogP contribution in [0.1, 0.15) is 22.5 Å². The summed E-state index contributed by atoms with van der Waals surface area (Å²) in [7, 11) is -2.48. The lowest BCUT2D eigenvalue weighted by Crippen LogP contribution is -2.06. The summed E-state index contributed by atoms with van der Waals surface area (Å²) in [6, 6.07) is 10.2. The van der Waals surface area contributed by atoms with Gasteiger partial charge in [-0.05, 0) is 35.4 Å². The molecular weight excluding hydrogens is 216 g/mol. The number of fused-ring (bicyclic) bond motifs is 1.